The molecule has 0 amide bonds. The lowest BCUT2D eigenvalue weighted by atomic mass is 9.96. The van der Waals surface area contributed by atoms with Crippen molar-refractivity contribution in [2.75, 3.05) is 0 Å². The van der Waals surface area contributed by atoms with Crippen LogP contribution in [0.1, 0.15) is 66.8 Å². The molecule has 4 nitrogen and oxygen atoms in total. The Morgan fingerprint density at radius 1 is 0.867 bits per heavy atom. The Kier molecular flexibility index (Phi) is 7.38. The molecular formula is C34H31F7N4. The van der Waals surface area contributed by atoms with Crippen molar-refractivity contribution >= 4 is 10.9 Å². The average molecular weight is 629 g/mol. The average Bonchev–Trinajstić information content (AvgIpc) is 3.65. The van der Waals surface area contributed by atoms with Crippen molar-refractivity contribution in [2.24, 2.45) is 0 Å². The van der Waals surface area contributed by atoms with Gasteiger partial charge in [0.2, 0.25) is 0 Å². The summed E-state index contributed by atoms with van der Waals surface area (Å²) in [6.45, 7) is 7.62. The zero-order chi connectivity index (χ0) is 32.5. The third-order valence-electron chi connectivity index (χ3n) is 8.87. The number of aryl methyl sites for hydroxylation is 2. The SMILES string of the molecule is CCc1cccc(CC)c1-n1nc2c(c1-c1cc(F)cc3[nH]ccc13)CN(Cc1ccc(C(F)(F)F)cc1C(F)(F)F)C2(C)C. The van der Waals surface area contributed by atoms with Crippen LogP contribution in [0.25, 0.3) is 27.8 Å². The van der Waals surface area contributed by atoms with E-state index in [1.54, 1.807) is 11.1 Å². The van der Waals surface area contributed by atoms with E-state index in [4.69, 9.17) is 5.10 Å². The van der Waals surface area contributed by atoms with Crippen LogP contribution >= 0.6 is 0 Å². The van der Waals surface area contributed by atoms with Crippen molar-refractivity contribution in [1.29, 1.82) is 0 Å². The molecule has 5 aromatic rings. The molecule has 3 heterocycles. The molecule has 0 unspecified atom stereocenters. The lowest BCUT2D eigenvalue weighted by Gasteiger charge is -2.33. The number of H-pyrrole nitrogens is 1. The van der Waals surface area contributed by atoms with Gasteiger partial charge in [0, 0.05) is 41.3 Å². The molecule has 0 saturated carbocycles. The summed E-state index contributed by atoms with van der Waals surface area (Å²) in [5, 5.41) is 5.86. The molecule has 1 aliphatic heterocycles. The molecule has 0 fully saturated rings. The number of halogens is 7. The summed E-state index contributed by atoms with van der Waals surface area (Å²) in [4.78, 5) is 4.84. The highest BCUT2D eigenvalue weighted by Gasteiger charge is 2.45. The van der Waals surface area contributed by atoms with Crippen LogP contribution in [0, 0.1) is 5.82 Å². The van der Waals surface area contributed by atoms with Gasteiger partial charge in [-0.05, 0) is 73.7 Å². The maximum absolute atomic E-state index is 15.1. The summed E-state index contributed by atoms with van der Waals surface area (Å²) in [5.74, 6) is -0.463. The molecule has 45 heavy (non-hydrogen) atoms. The quantitative estimate of drug-likeness (QED) is 0.190. The van der Waals surface area contributed by atoms with Gasteiger partial charge in [-0.25, -0.2) is 9.07 Å². The van der Waals surface area contributed by atoms with Crippen LogP contribution in [0.4, 0.5) is 30.7 Å². The Bertz CT molecular complexity index is 1890. The topological polar surface area (TPSA) is 36.9 Å². The maximum atomic E-state index is 15.1. The Hall–Kier alpha value is -4.12. The van der Waals surface area contributed by atoms with Crippen molar-refractivity contribution in [3.8, 4) is 16.9 Å². The molecule has 0 saturated heterocycles. The second kappa shape index (κ2) is 10.8. The minimum absolute atomic E-state index is 0.147. The third kappa shape index (κ3) is 5.20. The molecule has 0 aliphatic carbocycles. The smallest absolute Gasteiger partial charge is 0.361 e. The fourth-order valence-electron chi connectivity index (χ4n) is 6.50. The first-order valence-corrected chi connectivity index (χ1v) is 14.7. The van der Waals surface area contributed by atoms with Crippen molar-refractivity contribution in [2.45, 2.75) is 71.5 Å². The maximum Gasteiger partial charge on any atom is 0.416 e. The van der Waals surface area contributed by atoms with Gasteiger partial charge < -0.3 is 4.98 Å². The van der Waals surface area contributed by atoms with Crippen LogP contribution in [0.2, 0.25) is 0 Å². The number of hydrogen-bond acceptors (Lipinski definition) is 2. The number of para-hydroxylation sites is 1. The van der Waals surface area contributed by atoms with E-state index in [9.17, 15) is 26.3 Å². The molecule has 2 aromatic heterocycles. The molecule has 0 atom stereocenters. The molecule has 0 spiro atoms. The normalized spacial score (nSPS) is 15.3. The number of fused-ring (bicyclic) bond motifs is 2. The van der Waals surface area contributed by atoms with E-state index in [0.29, 0.717) is 41.4 Å². The highest BCUT2D eigenvalue weighted by Crippen LogP contribution is 2.47. The van der Waals surface area contributed by atoms with Crippen LogP contribution in [0.15, 0.2) is 60.8 Å². The summed E-state index contributed by atoms with van der Waals surface area (Å²) in [7, 11) is 0. The number of nitrogens with zero attached hydrogens (tertiary/aromatic N) is 3. The van der Waals surface area contributed by atoms with Crippen LogP contribution in [-0.2, 0) is 43.8 Å². The highest BCUT2D eigenvalue weighted by atomic mass is 19.4. The van der Waals surface area contributed by atoms with Crippen LogP contribution in [0.5, 0.6) is 0 Å². The predicted octanol–water partition coefficient (Wildman–Crippen LogP) is 9.57. The van der Waals surface area contributed by atoms with Gasteiger partial charge >= 0.3 is 12.4 Å². The largest absolute Gasteiger partial charge is 0.416 e. The zero-order valence-electron chi connectivity index (χ0n) is 25.1. The lowest BCUT2D eigenvalue weighted by molar-refractivity contribution is -0.143. The van der Waals surface area contributed by atoms with Gasteiger partial charge in [-0.1, -0.05) is 38.1 Å². The number of benzene rings is 3. The van der Waals surface area contributed by atoms with Gasteiger partial charge in [-0.2, -0.15) is 31.4 Å². The fraction of sp³-hybridized carbons (Fsp3) is 0.324. The third-order valence-corrected chi connectivity index (χ3v) is 8.87. The number of nitrogens with one attached hydrogen (secondary N) is 1. The number of aromatic amines is 1. The number of alkyl halides is 6. The molecule has 0 radical (unpaired) electrons. The van der Waals surface area contributed by atoms with E-state index in [1.807, 2.05) is 56.6 Å². The highest BCUT2D eigenvalue weighted by molar-refractivity contribution is 5.96. The molecule has 236 valence electrons. The first-order valence-electron chi connectivity index (χ1n) is 14.7. The standard InChI is InChI=1S/C34H31F7N4/c1-5-19-8-7-9-20(6-2)29(19)45-30(25-15-23(35)16-28-24(25)12-13-42-28)26-18-44(32(3,4)31(26)43-45)17-21-10-11-22(33(36,37)38)14-27(21)34(39,40)41/h7-16,42H,5-6,17-18H2,1-4H3. The summed E-state index contributed by atoms with van der Waals surface area (Å²) in [6.07, 6.45) is -6.78. The van der Waals surface area contributed by atoms with Crippen molar-refractivity contribution < 1.29 is 30.7 Å². The van der Waals surface area contributed by atoms with Gasteiger partial charge in [-0.3, -0.25) is 4.90 Å². The minimum atomic E-state index is -4.99. The van der Waals surface area contributed by atoms with Gasteiger partial charge in [0.1, 0.15) is 5.82 Å². The van der Waals surface area contributed by atoms with E-state index >= 15 is 4.39 Å². The predicted molar refractivity (Wildman–Crippen MR) is 158 cm³/mol. The number of aromatic nitrogens is 3. The van der Waals surface area contributed by atoms with Crippen molar-refractivity contribution in [3.05, 3.63) is 106 Å². The Morgan fingerprint density at radius 3 is 2.18 bits per heavy atom. The van der Waals surface area contributed by atoms with Crippen LogP contribution < -0.4 is 0 Å². The van der Waals surface area contributed by atoms with E-state index in [1.165, 1.54) is 12.1 Å². The molecule has 6 rings (SSSR count). The fourth-order valence-corrected chi connectivity index (χ4v) is 6.50. The molecule has 3 aromatic carbocycles. The molecular weight excluding hydrogens is 597 g/mol. The molecule has 0 bridgehead atoms. The van der Waals surface area contributed by atoms with Gasteiger partial charge in [0.05, 0.1) is 33.7 Å². The minimum Gasteiger partial charge on any atom is -0.361 e. The van der Waals surface area contributed by atoms with Gasteiger partial charge in [-0.15, -0.1) is 0 Å². The molecule has 1 aliphatic rings. The summed E-state index contributed by atoms with van der Waals surface area (Å²) in [5.41, 5.74) is 2.20. The lowest BCUT2D eigenvalue weighted by Crippen LogP contribution is -2.36. The Morgan fingerprint density at radius 2 is 1.56 bits per heavy atom. The summed E-state index contributed by atoms with van der Waals surface area (Å²) < 4.78 is 99.2. The zero-order valence-corrected chi connectivity index (χ0v) is 25.1. The first-order chi connectivity index (χ1) is 21.1. The Balaban J connectivity index is 1.55. The Labute approximate surface area is 255 Å². The summed E-state index contributed by atoms with van der Waals surface area (Å²) >= 11 is 0. The second-order valence-electron chi connectivity index (χ2n) is 11.9. The van der Waals surface area contributed by atoms with Crippen molar-refractivity contribution in [1.82, 2.24) is 19.7 Å². The first kappa shape index (κ1) is 30.9. The molecule has 11 heteroatoms. The number of hydrogen-bond donors (Lipinski definition) is 1. The van der Waals surface area contributed by atoms with Crippen molar-refractivity contribution in [3.63, 3.8) is 0 Å². The monoisotopic (exact) mass is 628 g/mol. The van der Waals surface area contributed by atoms with Crippen LogP contribution in [-0.4, -0.2) is 19.7 Å². The van der Waals surface area contributed by atoms with E-state index in [-0.39, 0.29) is 24.7 Å². The van der Waals surface area contributed by atoms with E-state index in [2.05, 4.69) is 4.98 Å². The van der Waals surface area contributed by atoms with Crippen LogP contribution in [0.3, 0.4) is 0 Å². The van der Waals surface area contributed by atoms with Gasteiger partial charge in [0.25, 0.3) is 0 Å². The van der Waals surface area contributed by atoms with Gasteiger partial charge in [0.15, 0.2) is 0 Å². The van der Waals surface area contributed by atoms with E-state index in [0.717, 1.165) is 33.8 Å². The van der Waals surface area contributed by atoms with E-state index < -0.39 is 34.8 Å². The second-order valence-corrected chi connectivity index (χ2v) is 11.9. The number of rotatable bonds is 6. The molecule has 1 N–H and O–H groups in total. The summed E-state index contributed by atoms with van der Waals surface area (Å²) in [6, 6.07) is 12.5.